The van der Waals surface area contributed by atoms with Crippen molar-refractivity contribution in [3.05, 3.63) is 59.9 Å². The third kappa shape index (κ3) is 2.83. The van der Waals surface area contributed by atoms with Crippen LogP contribution in [0.25, 0.3) is 16.7 Å². The minimum absolute atomic E-state index is 0.0859. The third-order valence-electron chi connectivity index (χ3n) is 4.16. The van der Waals surface area contributed by atoms with Gasteiger partial charge in [-0.15, -0.1) is 0 Å². The number of nitrogens with one attached hydrogen (secondary N) is 1. The number of para-hydroxylation sites is 2. The number of nitrogens with zero attached hydrogens (tertiary/aromatic N) is 2. The molecule has 26 heavy (non-hydrogen) atoms. The molecule has 1 aliphatic heterocycles. The second-order valence-electron chi connectivity index (χ2n) is 5.76. The minimum atomic E-state index is -0.407. The molecule has 1 aromatic heterocycles. The highest BCUT2D eigenvalue weighted by Gasteiger charge is 2.22. The Morgan fingerprint density at radius 1 is 1.08 bits per heavy atom. The summed E-state index contributed by atoms with van der Waals surface area (Å²) in [7, 11) is 3.19. The molecule has 1 atom stereocenters. The molecule has 0 radical (unpaired) electrons. The Hall–Kier alpha value is -3.48. The zero-order valence-electron chi connectivity index (χ0n) is 14.4. The number of nitrogens with two attached hydrogens (primary N) is 1. The minimum Gasteiger partial charge on any atom is -0.493 e. The molecule has 0 fully saturated rings. The lowest BCUT2D eigenvalue weighted by Crippen LogP contribution is -2.22. The number of aromatic nitrogens is 2. The van der Waals surface area contributed by atoms with Gasteiger partial charge in [0.15, 0.2) is 17.3 Å². The number of methoxy groups -OCH3 is 2. The van der Waals surface area contributed by atoms with Gasteiger partial charge >= 0.3 is 0 Å². The first kappa shape index (κ1) is 16.0. The SMILES string of the molecule is COc1ccc(C2C=C(c3nc4ccccc4[nH]3)N=C(N)O2)cc1OC. The molecule has 0 aliphatic carbocycles. The van der Waals surface area contributed by atoms with Crippen molar-refractivity contribution in [1.82, 2.24) is 9.97 Å². The second-order valence-corrected chi connectivity index (χ2v) is 5.76. The second kappa shape index (κ2) is 6.44. The van der Waals surface area contributed by atoms with Crippen molar-refractivity contribution in [3.8, 4) is 11.5 Å². The van der Waals surface area contributed by atoms with Gasteiger partial charge in [-0.05, 0) is 30.3 Å². The molecule has 7 heteroatoms. The number of hydrogen-bond donors (Lipinski definition) is 2. The first-order valence-electron chi connectivity index (χ1n) is 8.07. The standard InChI is InChI=1S/C19H18N4O3/c1-24-15-8-7-11(9-17(15)25-2)16-10-14(23-19(20)26-16)18-21-12-5-3-4-6-13(12)22-18/h3-10,16H,1-2H3,(H2,20,23)(H,21,22). The number of benzene rings is 2. The molecule has 3 N–H and O–H groups in total. The molecule has 132 valence electrons. The van der Waals surface area contributed by atoms with E-state index in [9.17, 15) is 0 Å². The molecular formula is C19H18N4O3. The van der Waals surface area contributed by atoms with Gasteiger partial charge in [-0.3, -0.25) is 0 Å². The van der Waals surface area contributed by atoms with Crippen LogP contribution in [0.3, 0.4) is 0 Å². The normalized spacial score (nSPS) is 16.6. The summed E-state index contributed by atoms with van der Waals surface area (Å²) < 4.78 is 16.3. The molecule has 0 amide bonds. The first-order chi connectivity index (χ1) is 12.7. The maximum Gasteiger partial charge on any atom is 0.288 e. The van der Waals surface area contributed by atoms with Gasteiger partial charge in [-0.2, -0.15) is 4.99 Å². The molecule has 1 aliphatic rings. The van der Waals surface area contributed by atoms with E-state index in [1.54, 1.807) is 14.2 Å². The molecule has 0 saturated heterocycles. The van der Waals surface area contributed by atoms with Crippen LogP contribution < -0.4 is 15.2 Å². The Kier molecular flexibility index (Phi) is 3.96. The van der Waals surface area contributed by atoms with Crippen molar-refractivity contribution in [2.24, 2.45) is 10.7 Å². The summed E-state index contributed by atoms with van der Waals surface area (Å²) in [4.78, 5) is 12.1. The third-order valence-corrected chi connectivity index (χ3v) is 4.16. The average molecular weight is 350 g/mol. The number of fused-ring (bicyclic) bond motifs is 1. The van der Waals surface area contributed by atoms with Crippen LogP contribution in [0, 0.1) is 0 Å². The van der Waals surface area contributed by atoms with Crippen LogP contribution >= 0.6 is 0 Å². The highest BCUT2D eigenvalue weighted by atomic mass is 16.5. The van der Waals surface area contributed by atoms with Gasteiger partial charge in [0.1, 0.15) is 11.8 Å². The number of H-pyrrole nitrogens is 1. The van der Waals surface area contributed by atoms with Crippen molar-refractivity contribution in [2.75, 3.05) is 14.2 Å². The quantitative estimate of drug-likeness (QED) is 0.754. The highest BCUT2D eigenvalue weighted by molar-refractivity contribution is 5.85. The van der Waals surface area contributed by atoms with Crippen molar-refractivity contribution >= 4 is 22.8 Å². The van der Waals surface area contributed by atoms with E-state index in [4.69, 9.17) is 19.9 Å². The maximum atomic E-state index is 5.90. The van der Waals surface area contributed by atoms with Gasteiger partial charge in [0, 0.05) is 5.56 Å². The van der Waals surface area contributed by atoms with E-state index in [0.29, 0.717) is 23.0 Å². The number of amidine groups is 1. The number of rotatable bonds is 4. The highest BCUT2D eigenvalue weighted by Crippen LogP contribution is 2.34. The lowest BCUT2D eigenvalue weighted by atomic mass is 10.1. The van der Waals surface area contributed by atoms with Gasteiger partial charge in [-0.25, -0.2) is 4.98 Å². The summed E-state index contributed by atoms with van der Waals surface area (Å²) in [5.41, 5.74) is 9.20. The Bertz CT molecular complexity index is 990. The van der Waals surface area contributed by atoms with Crippen LogP contribution in [-0.4, -0.2) is 30.2 Å². The molecule has 7 nitrogen and oxygen atoms in total. The summed E-state index contributed by atoms with van der Waals surface area (Å²) in [6.07, 6.45) is 1.46. The van der Waals surface area contributed by atoms with Crippen LogP contribution in [0.2, 0.25) is 0 Å². The lowest BCUT2D eigenvalue weighted by molar-refractivity contribution is 0.232. The number of aromatic amines is 1. The molecule has 0 spiro atoms. The van der Waals surface area contributed by atoms with E-state index in [1.165, 1.54) is 0 Å². The molecule has 0 bridgehead atoms. The molecular weight excluding hydrogens is 332 g/mol. The molecule has 1 unspecified atom stereocenters. The van der Waals surface area contributed by atoms with Crippen LogP contribution in [0.5, 0.6) is 11.5 Å². The van der Waals surface area contributed by atoms with Crippen molar-refractivity contribution in [2.45, 2.75) is 6.10 Å². The van der Waals surface area contributed by atoms with Crippen molar-refractivity contribution in [3.63, 3.8) is 0 Å². The predicted octanol–water partition coefficient (Wildman–Crippen LogP) is 3.01. The monoisotopic (exact) mass is 350 g/mol. The van der Waals surface area contributed by atoms with Gasteiger partial charge in [0.05, 0.1) is 25.3 Å². The summed E-state index contributed by atoms with van der Waals surface area (Å²) in [5.74, 6) is 1.91. The molecule has 4 rings (SSSR count). The molecule has 0 saturated carbocycles. The van der Waals surface area contributed by atoms with E-state index in [0.717, 1.165) is 16.6 Å². The van der Waals surface area contributed by atoms with Crippen molar-refractivity contribution < 1.29 is 14.2 Å². The molecule has 2 heterocycles. The number of hydrogen-bond acceptors (Lipinski definition) is 6. The Labute approximate surface area is 150 Å². The maximum absolute atomic E-state index is 5.90. The zero-order valence-corrected chi connectivity index (χ0v) is 14.4. The van der Waals surface area contributed by atoms with Crippen LogP contribution in [0.15, 0.2) is 53.5 Å². The fourth-order valence-electron chi connectivity index (χ4n) is 2.89. The van der Waals surface area contributed by atoms with Gasteiger partial charge in [0.25, 0.3) is 6.02 Å². The first-order valence-corrected chi connectivity index (χ1v) is 8.07. The lowest BCUT2D eigenvalue weighted by Gasteiger charge is -2.21. The number of ether oxygens (including phenoxy) is 3. The van der Waals surface area contributed by atoms with Crippen LogP contribution in [0.1, 0.15) is 17.5 Å². The summed E-state index contributed by atoms with van der Waals surface area (Å²) in [6.45, 7) is 0. The molecule has 3 aromatic rings. The summed E-state index contributed by atoms with van der Waals surface area (Å²) in [6, 6.07) is 13.5. The van der Waals surface area contributed by atoms with E-state index in [-0.39, 0.29) is 6.02 Å². The van der Waals surface area contributed by atoms with E-state index >= 15 is 0 Å². The van der Waals surface area contributed by atoms with E-state index in [1.807, 2.05) is 48.5 Å². The summed E-state index contributed by atoms with van der Waals surface area (Å²) in [5, 5.41) is 0. The molecule has 2 aromatic carbocycles. The predicted molar refractivity (Wildman–Crippen MR) is 99.1 cm³/mol. The van der Waals surface area contributed by atoms with E-state index < -0.39 is 6.10 Å². The van der Waals surface area contributed by atoms with Crippen LogP contribution in [0.4, 0.5) is 0 Å². The van der Waals surface area contributed by atoms with Gasteiger partial charge < -0.3 is 24.9 Å². The fraction of sp³-hybridized carbons (Fsp3) is 0.158. The largest absolute Gasteiger partial charge is 0.493 e. The van der Waals surface area contributed by atoms with Gasteiger partial charge in [-0.1, -0.05) is 18.2 Å². The average Bonchev–Trinajstić information content (AvgIpc) is 3.11. The Morgan fingerprint density at radius 3 is 2.65 bits per heavy atom. The van der Waals surface area contributed by atoms with Crippen LogP contribution in [-0.2, 0) is 4.74 Å². The number of imidazole rings is 1. The zero-order chi connectivity index (χ0) is 18.1. The topological polar surface area (TPSA) is 94.8 Å². The smallest absolute Gasteiger partial charge is 0.288 e. The number of aliphatic imine (C=N–C) groups is 1. The summed E-state index contributed by atoms with van der Waals surface area (Å²) >= 11 is 0. The van der Waals surface area contributed by atoms with Crippen molar-refractivity contribution in [1.29, 1.82) is 0 Å². The van der Waals surface area contributed by atoms with Gasteiger partial charge in [0.2, 0.25) is 0 Å². The Morgan fingerprint density at radius 2 is 1.88 bits per heavy atom. The Balaban J connectivity index is 1.73. The fourth-order valence-corrected chi connectivity index (χ4v) is 2.89. The van der Waals surface area contributed by atoms with E-state index in [2.05, 4.69) is 15.0 Å².